The van der Waals surface area contributed by atoms with E-state index in [1.807, 2.05) is 6.92 Å². The second-order valence-electron chi connectivity index (χ2n) is 3.93. The van der Waals surface area contributed by atoms with E-state index in [0.717, 1.165) is 6.42 Å². The van der Waals surface area contributed by atoms with E-state index in [-0.39, 0.29) is 34.8 Å². The van der Waals surface area contributed by atoms with Gasteiger partial charge in [0, 0.05) is 4.90 Å². The molecule has 20 heavy (non-hydrogen) atoms. The van der Waals surface area contributed by atoms with Crippen LogP contribution < -0.4 is 11.1 Å². The number of carbonyl (C=O) groups is 1. The molecule has 0 aliphatic carbocycles. The third kappa shape index (κ3) is 6.49. The zero-order chi connectivity index (χ0) is 14.5. The monoisotopic (exact) mass is 328 g/mol. The van der Waals surface area contributed by atoms with Gasteiger partial charge in [-0.1, -0.05) is 25.5 Å². The van der Waals surface area contributed by atoms with Crippen LogP contribution in [-0.2, 0) is 4.79 Å². The van der Waals surface area contributed by atoms with Crippen LogP contribution in [-0.4, -0.2) is 17.5 Å². The highest BCUT2D eigenvalue weighted by Crippen LogP contribution is 2.40. The van der Waals surface area contributed by atoms with Crippen molar-refractivity contribution in [3.8, 4) is 0 Å². The number of anilines is 1. The first-order chi connectivity index (χ1) is 8.83. The summed E-state index contributed by atoms with van der Waals surface area (Å²) in [7, 11) is 0. The van der Waals surface area contributed by atoms with Crippen molar-refractivity contribution >= 4 is 35.8 Å². The zero-order valence-corrected chi connectivity index (χ0v) is 12.4. The highest BCUT2D eigenvalue weighted by Gasteiger charge is 2.30. The van der Waals surface area contributed by atoms with Crippen LogP contribution in [0.3, 0.4) is 0 Å². The molecule has 0 heterocycles. The zero-order valence-electron chi connectivity index (χ0n) is 10.7. The fourth-order valence-corrected chi connectivity index (χ4v) is 2.08. The van der Waals surface area contributed by atoms with Gasteiger partial charge in [0.05, 0.1) is 11.7 Å². The fraction of sp³-hybridized carbons (Fsp3) is 0.417. The molecule has 0 aliphatic rings. The first-order valence-corrected chi connectivity index (χ1v) is 6.56. The maximum atomic E-state index is 12.4. The summed E-state index contributed by atoms with van der Waals surface area (Å²) in [5.74, 6) is -0.475. The van der Waals surface area contributed by atoms with Gasteiger partial charge >= 0.3 is 5.51 Å². The number of nitrogens with two attached hydrogens (primary N) is 1. The molecule has 0 fully saturated rings. The van der Waals surface area contributed by atoms with Crippen LogP contribution in [0.1, 0.15) is 19.8 Å². The second kappa shape index (κ2) is 8.39. The van der Waals surface area contributed by atoms with Gasteiger partial charge in [-0.15, -0.1) is 12.4 Å². The standard InChI is InChI=1S/C12H15F3N2OS.ClH/c1-2-5-8(16)11(18)17-9-6-3-4-7-10(9)19-12(13,14)15;/h3-4,6-8H,2,5,16H2,1H3,(H,17,18);1H. The normalized spacial score (nSPS) is 12.4. The van der Waals surface area contributed by atoms with Crippen LogP contribution in [0.2, 0.25) is 0 Å². The summed E-state index contributed by atoms with van der Waals surface area (Å²) in [5, 5.41) is 2.43. The Morgan fingerprint density at radius 1 is 1.40 bits per heavy atom. The smallest absolute Gasteiger partial charge is 0.324 e. The molecule has 1 rings (SSSR count). The van der Waals surface area contributed by atoms with Crippen molar-refractivity contribution in [1.29, 1.82) is 0 Å². The van der Waals surface area contributed by atoms with Crippen LogP contribution in [0, 0.1) is 0 Å². The molecule has 1 amide bonds. The van der Waals surface area contributed by atoms with Crippen molar-refractivity contribution < 1.29 is 18.0 Å². The van der Waals surface area contributed by atoms with Crippen LogP contribution in [0.25, 0.3) is 0 Å². The van der Waals surface area contributed by atoms with Gasteiger partial charge in [0.25, 0.3) is 0 Å². The molecular weight excluding hydrogens is 313 g/mol. The SMILES string of the molecule is CCCC(N)C(=O)Nc1ccccc1SC(F)(F)F.Cl. The fourth-order valence-electron chi connectivity index (χ4n) is 1.45. The van der Waals surface area contributed by atoms with Gasteiger partial charge < -0.3 is 11.1 Å². The highest BCUT2D eigenvalue weighted by atomic mass is 35.5. The van der Waals surface area contributed by atoms with Gasteiger partial charge in [0.2, 0.25) is 5.91 Å². The number of thioether (sulfide) groups is 1. The third-order valence-electron chi connectivity index (χ3n) is 2.31. The average Bonchev–Trinajstić information content (AvgIpc) is 2.30. The van der Waals surface area contributed by atoms with Crippen molar-refractivity contribution in [2.75, 3.05) is 5.32 Å². The highest BCUT2D eigenvalue weighted by molar-refractivity contribution is 8.00. The number of carbonyl (C=O) groups excluding carboxylic acids is 1. The Kier molecular flexibility index (Phi) is 8.00. The number of benzene rings is 1. The molecule has 0 saturated heterocycles. The summed E-state index contributed by atoms with van der Waals surface area (Å²) in [6.07, 6.45) is 1.22. The number of halogens is 4. The quantitative estimate of drug-likeness (QED) is 0.809. The minimum Gasteiger partial charge on any atom is -0.324 e. The van der Waals surface area contributed by atoms with Crippen LogP contribution in [0.5, 0.6) is 0 Å². The molecule has 0 aromatic heterocycles. The van der Waals surface area contributed by atoms with E-state index in [9.17, 15) is 18.0 Å². The Labute approximate surface area is 125 Å². The molecule has 3 nitrogen and oxygen atoms in total. The maximum Gasteiger partial charge on any atom is 0.446 e. The van der Waals surface area contributed by atoms with E-state index in [0.29, 0.717) is 6.42 Å². The molecule has 114 valence electrons. The molecule has 1 aromatic rings. The van der Waals surface area contributed by atoms with E-state index < -0.39 is 17.5 Å². The Morgan fingerprint density at radius 3 is 2.55 bits per heavy atom. The first-order valence-electron chi connectivity index (χ1n) is 5.74. The first kappa shape index (κ1) is 19.1. The van der Waals surface area contributed by atoms with Gasteiger partial charge in [0.15, 0.2) is 0 Å². The molecular formula is C12H16ClF3N2OS. The molecule has 0 spiro atoms. The largest absolute Gasteiger partial charge is 0.446 e. The van der Waals surface area contributed by atoms with Crippen molar-refractivity contribution in [3.05, 3.63) is 24.3 Å². The Balaban J connectivity index is 0.00000361. The Hall–Kier alpha value is -0.920. The van der Waals surface area contributed by atoms with E-state index in [2.05, 4.69) is 5.32 Å². The molecule has 0 saturated carbocycles. The molecule has 1 aromatic carbocycles. The molecule has 0 radical (unpaired) electrons. The van der Waals surface area contributed by atoms with E-state index in [1.54, 1.807) is 6.07 Å². The summed E-state index contributed by atoms with van der Waals surface area (Å²) in [5.41, 5.74) is 1.34. The van der Waals surface area contributed by atoms with Crippen LogP contribution in [0.15, 0.2) is 29.2 Å². The lowest BCUT2D eigenvalue weighted by atomic mass is 10.1. The number of hydrogen-bond donors (Lipinski definition) is 2. The van der Waals surface area contributed by atoms with Gasteiger partial charge in [-0.3, -0.25) is 4.79 Å². The van der Waals surface area contributed by atoms with Crippen molar-refractivity contribution in [1.82, 2.24) is 0 Å². The molecule has 0 bridgehead atoms. The van der Waals surface area contributed by atoms with E-state index in [4.69, 9.17) is 5.73 Å². The molecule has 0 aliphatic heterocycles. The van der Waals surface area contributed by atoms with Gasteiger partial charge in [-0.2, -0.15) is 13.2 Å². The summed E-state index contributed by atoms with van der Waals surface area (Å²) in [6.45, 7) is 1.88. The molecule has 8 heteroatoms. The number of para-hydroxylation sites is 1. The van der Waals surface area contributed by atoms with E-state index >= 15 is 0 Å². The summed E-state index contributed by atoms with van der Waals surface area (Å²) < 4.78 is 37.1. The van der Waals surface area contributed by atoms with Crippen LogP contribution >= 0.6 is 24.2 Å². The third-order valence-corrected chi connectivity index (χ3v) is 3.11. The van der Waals surface area contributed by atoms with E-state index in [1.165, 1.54) is 18.2 Å². The maximum absolute atomic E-state index is 12.4. The molecule has 3 N–H and O–H groups in total. The Morgan fingerprint density at radius 2 is 2.00 bits per heavy atom. The molecule has 1 atom stereocenters. The average molecular weight is 329 g/mol. The lowest BCUT2D eigenvalue weighted by Gasteiger charge is -2.14. The van der Waals surface area contributed by atoms with Crippen molar-refractivity contribution in [2.45, 2.75) is 36.2 Å². The number of alkyl halides is 3. The lowest BCUT2D eigenvalue weighted by molar-refractivity contribution is -0.117. The van der Waals surface area contributed by atoms with Gasteiger partial charge in [0.1, 0.15) is 0 Å². The number of nitrogens with one attached hydrogen (secondary N) is 1. The molecule has 1 unspecified atom stereocenters. The Bertz CT molecular complexity index is 443. The van der Waals surface area contributed by atoms with Crippen LogP contribution in [0.4, 0.5) is 18.9 Å². The van der Waals surface area contributed by atoms with Crippen molar-refractivity contribution in [3.63, 3.8) is 0 Å². The minimum absolute atomic E-state index is 0. The number of rotatable bonds is 5. The summed E-state index contributed by atoms with van der Waals surface area (Å²) in [4.78, 5) is 11.6. The second-order valence-corrected chi connectivity index (χ2v) is 5.04. The topological polar surface area (TPSA) is 55.1 Å². The van der Waals surface area contributed by atoms with Gasteiger partial charge in [-0.25, -0.2) is 0 Å². The number of amides is 1. The van der Waals surface area contributed by atoms with Crippen molar-refractivity contribution in [2.24, 2.45) is 5.73 Å². The lowest BCUT2D eigenvalue weighted by Crippen LogP contribution is -2.35. The predicted molar refractivity (Wildman–Crippen MR) is 77.1 cm³/mol. The number of hydrogen-bond acceptors (Lipinski definition) is 3. The van der Waals surface area contributed by atoms with Gasteiger partial charge in [-0.05, 0) is 30.3 Å². The summed E-state index contributed by atoms with van der Waals surface area (Å²) >= 11 is -0.261. The minimum atomic E-state index is -4.40. The summed E-state index contributed by atoms with van der Waals surface area (Å²) in [6, 6.07) is 5.05. The predicted octanol–water partition coefficient (Wildman–Crippen LogP) is 3.79.